The van der Waals surface area contributed by atoms with Crippen LogP contribution in [-0.4, -0.2) is 25.3 Å². The lowest BCUT2D eigenvalue weighted by Crippen LogP contribution is -2.08. The zero-order valence-electron chi connectivity index (χ0n) is 11.7. The summed E-state index contributed by atoms with van der Waals surface area (Å²) in [7, 11) is 0. The highest BCUT2D eigenvalue weighted by atomic mass is 79.9. The van der Waals surface area contributed by atoms with Gasteiger partial charge in [0.05, 0.1) is 12.1 Å². The van der Waals surface area contributed by atoms with E-state index in [1.54, 1.807) is 6.92 Å². The van der Waals surface area contributed by atoms with Crippen LogP contribution in [0.15, 0.2) is 32.7 Å². The molecule has 0 radical (unpaired) electrons. The Labute approximate surface area is 136 Å². The van der Waals surface area contributed by atoms with Gasteiger partial charge in [0.15, 0.2) is 0 Å². The summed E-state index contributed by atoms with van der Waals surface area (Å²) in [4.78, 5) is 0.988. The van der Waals surface area contributed by atoms with E-state index in [0.29, 0.717) is 6.04 Å². The highest BCUT2D eigenvalue weighted by Crippen LogP contribution is 2.37. The molecule has 1 fully saturated rings. The number of aliphatic hydroxyl groups excluding tert-OH is 1. The maximum absolute atomic E-state index is 9.95. The number of aromatic nitrogens is 4. The first-order valence-electron chi connectivity index (χ1n) is 7.08. The Balaban J connectivity index is 1.89. The first kappa shape index (κ1) is 15.0. The van der Waals surface area contributed by atoms with E-state index in [4.69, 9.17) is 0 Å². The number of hydrogen-bond donors (Lipinski definition) is 1. The van der Waals surface area contributed by atoms with Gasteiger partial charge in [0.1, 0.15) is 0 Å². The van der Waals surface area contributed by atoms with Crippen molar-refractivity contribution in [1.82, 2.24) is 20.2 Å². The molecule has 1 unspecified atom stereocenters. The van der Waals surface area contributed by atoms with Gasteiger partial charge in [0.2, 0.25) is 5.16 Å². The number of halogens is 1. The summed E-state index contributed by atoms with van der Waals surface area (Å²) in [5, 5.41) is 22.9. The van der Waals surface area contributed by atoms with Crippen LogP contribution in [0.1, 0.15) is 50.3 Å². The normalized spacial score (nSPS) is 17.3. The van der Waals surface area contributed by atoms with Gasteiger partial charge >= 0.3 is 0 Å². The molecular weight excluding hydrogens is 352 g/mol. The lowest BCUT2D eigenvalue weighted by atomic mass is 10.1. The number of rotatable bonds is 4. The van der Waals surface area contributed by atoms with Crippen LogP contribution >= 0.6 is 27.7 Å². The Morgan fingerprint density at radius 1 is 1.38 bits per heavy atom. The Bertz CT molecular complexity index is 625. The van der Waals surface area contributed by atoms with Gasteiger partial charge in [0.25, 0.3) is 0 Å². The number of nitrogens with zero attached hydrogens (tertiary/aromatic N) is 4. The average molecular weight is 369 g/mol. The molecule has 112 valence electrons. The van der Waals surface area contributed by atoms with E-state index in [1.807, 2.05) is 22.9 Å². The van der Waals surface area contributed by atoms with Gasteiger partial charge in [-0.3, -0.25) is 0 Å². The van der Waals surface area contributed by atoms with Crippen LogP contribution in [0.5, 0.6) is 0 Å². The van der Waals surface area contributed by atoms with Crippen molar-refractivity contribution in [2.45, 2.75) is 54.8 Å². The molecular formula is C14H17BrN4OS. The summed E-state index contributed by atoms with van der Waals surface area (Å²) >= 11 is 4.96. The maximum atomic E-state index is 9.95. The van der Waals surface area contributed by atoms with E-state index in [1.165, 1.54) is 24.6 Å². The van der Waals surface area contributed by atoms with Crippen molar-refractivity contribution >= 4 is 27.7 Å². The molecule has 2 aromatic rings. The lowest BCUT2D eigenvalue weighted by Gasteiger charge is -2.14. The van der Waals surface area contributed by atoms with Gasteiger partial charge in [-0.05, 0) is 65.7 Å². The zero-order chi connectivity index (χ0) is 14.8. The van der Waals surface area contributed by atoms with Crippen molar-refractivity contribution in [2.24, 2.45) is 0 Å². The second-order valence-corrected chi connectivity index (χ2v) is 7.23. The smallest absolute Gasteiger partial charge is 0.214 e. The second-order valence-electron chi connectivity index (χ2n) is 5.30. The van der Waals surface area contributed by atoms with E-state index in [9.17, 15) is 5.11 Å². The fourth-order valence-electron chi connectivity index (χ4n) is 2.67. The SMILES string of the molecule is CC(O)c1cc(Br)ccc1Sc1nnnn1C1CCCC1. The Hall–Kier alpha value is -0.920. The van der Waals surface area contributed by atoms with Gasteiger partial charge in [-0.2, -0.15) is 0 Å². The van der Waals surface area contributed by atoms with Crippen molar-refractivity contribution in [1.29, 1.82) is 0 Å². The average Bonchev–Trinajstić information content (AvgIpc) is 3.11. The Morgan fingerprint density at radius 2 is 2.14 bits per heavy atom. The van der Waals surface area contributed by atoms with Gasteiger partial charge in [-0.25, -0.2) is 4.68 Å². The minimum absolute atomic E-state index is 0.410. The van der Waals surface area contributed by atoms with Crippen LogP contribution in [0.4, 0.5) is 0 Å². The van der Waals surface area contributed by atoms with Gasteiger partial charge < -0.3 is 5.11 Å². The van der Waals surface area contributed by atoms with Crippen molar-refractivity contribution in [2.75, 3.05) is 0 Å². The first-order chi connectivity index (χ1) is 10.1. The lowest BCUT2D eigenvalue weighted by molar-refractivity contribution is 0.196. The molecule has 1 aromatic heterocycles. The van der Waals surface area contributed by atoms with Crippen LogP contribution in [0, 0.1) is 0 Å². The van der Waals surface area contributed by atoms with Crippen LogP contribution < -0.4 is 0 Å². The van der Waals surface area contributed by atoms with E-state index >= 15 is 0 Å². The summed E-state index contributed by atoms with van der Waals surface area (Å²) in [5.41, 5.74) is 0.885. The molecule has 0 bridgehead atoms. The zero-order valence-corrected chi connectivity index (χ0v) is 14.1. The maximum Gasteiger partial charge on any atom is 0.214 e. The van der Waals surface area contributed by atoms with Gasteiger partial charge in [0, 0.05) is 9.37 Å². The van der Waals surface area contributed by atoms with E-state index in [-0.39, 0.29) is 0 Å². The molecule has 21 heavy (non-hydrogen) atoms. The standard InChI is InChI=1S/C14H17BrN4OS/c1-9(20)12-8-10(15)6-7-13(12)21-14-16-17-18-19(14)11-4-2-3-5-11/h6-9,11,20H,2-5H2,1H3. The van der Waals surface area contributed by atoms with E-state index in [0.717, 1.165) is 32.9 Å². The van der Waals surface area contributed by atoms with E-state index < -0.39 is 6.10 Å². The fraction of sp³-hybridized carbons (Fsp3) is 0.500. The Morgan fingerprint density at radius 3 is 2.86 bits per heavy atom. The molecule has 0 amide bonds. The molecule has 1 saturated carbocycles. The van der Waals surface area contributed by atoms with Crippen molar-refractivity contribution in [3.05, 3.63) is 28.2 Å². The fourth-order valence-corrected chi connectivity index (χ4v) is 4.08. The second kappa shape index (κ2) is 6.46. The van der Waals surface area contributed by atoms with Crippen LogP contribution in [0.25, 0.3) is 0 Å². The van der Waals surface area contributed by atoms with Gasteiger partial charge in [-0.1, -0.05) is 28.8 Å². The van der Waals surface area contributed by atoms with Crippen molar-refractivity contribution in [3.63, 3.8) is 0 Å². The van der Waals surface area contributed by atoms with E-state index in [2.05, 4.69) is 31.5 Å². The molecule has 0 aliphatic heterocycles. The largest absolute Gasteiger partial charge is 0.389 e. The third kappa shape index (κ3) is 3.30. The summed E-state index contributed by atoms with van der Waals surface area (Å²) in [6.45, 7) is 1.77. The molecule has 1 heterocycles. The molecule has 0 saturated heterocycles. The Kier molecular flexibility index (Phi) is 4.61. The predicted octanol–water partition coefficient (Wildman–Crippen LogP) is 3.76. The van der Waals surface area contributed by atoms with Crippen LogP contribution in [0.3, 0.4) is 0 Å². The van der Waals surface area contributed by atoms with Gasteiger partial charge in [-0.15, -0.1) is 5.10 Å². The highest BCUT2D eigenvalue weighted by Gasteiger charge is 2.22. The first-order valence-corrected chi connectivity index (χ1v) is 8.69. The monoisotopic (exact) mass is 368 g/mol. The summed E-state index contributed by atoms with van der Waals surface area (Å²) in [5.74, 6) is 0. The van der Waals surface area contributed by atoms with Crippen LogP contribution in [0.2, 0.25) is 0 Å². The molecule has 0 spiro atoms. The minimum Gasteiger partial charge on any atom is -0.389 e. The number of benzene rings is 1. The topological polar surface area (TPSA) is 63.8 Å². The highest BCUT2D eigenvalue weighted by molar-refractivity contribution is 9.10. The van der Waals surface area contributed by atoms with Crippen molar-refractivity contribution in [3.8, 4) is 0 Å². The minimum atomic E-state index is -0.527. The summed E-state index contributed by atoms with van der Waals surface area (Å²) in [6.07, 6.45) is 4.24. The van der Waals surface area contributed by atoms with Crippen molar-refractivity contribution < 1.29 is 5.11 Å². The summed E-state index contributed by atoms with van der Waals surface area (Å²) < 4.78 is 2.89. The summed E-state index contributed by atoms with van der Waals surface area (Å²) in [6, 6.07) is 6.31. The quantitative estimate of drug-likeness (QED) is 0.889. The molecule has 1 aliphatic rings. The number of aliphatic hydroxyl groups is 1. The molecule has 1 atom stereocenters. The molecule has 1 aliphatic carbocycles. The molecule has 1 N–H and O–H groups in total. The number of tetrazole rings is 1. The predicted molar refractivity (Wildman–Crippen MR) is 84.2 cm³/mol. The number of hydrogen-bond acceptors (Lipinski definition) is 5. The molecule has 3 rings (SSSR count). The third-order valence-corrected chi connectivity index (χ3v) is 5.29. The third-order valence-electron chi connectivity index (χ3n) is 3.76. The molecule has 5 nitrogen and oxygen atoms in total. The molecule has 7 heteroatoms. The van der Waals surface area contributed by atoms with Crippen LogP contribution in [-0.2, 0) is 0 Å². The molecule has 1 aromatic carbocycles.